The molecule has 0 fully saturated rings. The average Bonchev–Trinajstić information content (AvgIpc) is 2.39. The number of hydrogen-bond acceptors (Lipinski definition) is 5. The second-order valence-corrected chi connectivity index (χ2v) is 4.25. The van der Waals surface area contributed by atoms with E-state index in [-0.39, 0.29) is 0 Å². The van der Waals surface area contributed by atoms with Gasteiger partial charge in [-0.25, -0.2) is 9.97 Å². The van der Waals surface area contributed by atoms with E-state index in [0.29, 0.717) is 18.5 Å². The van der Waals surface area contributed by atoms with Gasteiger partial charge < -0.3 is 15.0 Å². The standard InChI is InChI=1S/C13H24N4O/c1-6-10(3)17(7-2)13-8-11(14-4)15-12(16-13)9-18-5/h8,10H,6-7,9H2,1-5H3,(H,14,15,16). The van der Waals surface area contributed by atoms with E-state index in [2.05, 4.69) is 41.0 Å². The lowest BCUT2D eigenvalue weighted by atomic mass is 10.2. The molecule has 0 spiro atoms. The number of hydrogen-bond donors (Lipinski definition) is 1. The molecule has 5 heteroatoms. The molecule has 1 aromatic heterocycles. The highest BCUT2D eigenvalue weighted by Crippen LogP contribution is 2.19. The molecule has 0 saturated heterocycles. The molecule has 18 heavy (non-hydrogen) atoms. The summed E-state index contributed by atoms with van der Waals surface area (Å²) in [6.45, 7) is 7.90. The van der Waals surface area contributed by atoms with Crippen LogP contribution in [0.4, 0.5) is 11.6 Å². The summed E-state index contributed by atoms with van der Waals surface area (Å²) in [6, 6.07) is 2.44. The van der Waals surface area contributed by atoms with Crippen molar-refractivity contribution in [2.45, 2.75) is 39.8 Å². The largest absolute Gasteiger partial charge is 0.377 e. The molecule has 102 valence electrons. The van der Waals surface area contributed by atoms with E-state index in [1.807, 2.05) is 13.1 Å². The summed E-state index contributed by atoms with van der Waals surface area (Å²) in [7, 11) is 3.52. The quantitative estimate of drug-likeness (QED) is 0.807. The van der Waals surface area contributed by atoms with Crippen LogP contribution in [-0.4, -0.2) is 36.7 Å². The van der Waals surface area contributed by atoms with Gasteiger partial charge in [0.2, 0.25) is 0 Å². The normalized spacial score (nSPS) is 12.3. The van der Waals surface area contributed by atoms with Gasteiger partial charge in [-0.05, 0) is 20.3 Å². The SMILES string of the molecule is CCC(C)N(CC)c1cc(NC)nc(COC)n1. The predicted octanol–water partition coefficient (Wildman–Crippen LogP) is 2.29. The van der Waals surface area contributed by atoms with Gasteiger partial charge in [-0.3, -0.25) is 0 Å². The van der Waals surface area contributed by atoms with Crippen molar-refractivity contribution in [3.05, 3.63) is 11.9 Å². The highest BCUT2D eigenvalue weighted by atomic mass is 16.5. The summed E-state index contributed by atoms with van der Waals surface area (Å²) in [6.07, 6.45) is 1.09. The Hall–Kier alpha value is -1.36. The van der Waals surface area contributed by atoms with Crippen molar-refractivity contribution in [2.24, 2.45) is 0 Å². The third kappa shape index (κ3) is 3.57. The molecule has 1 unspecified atom stereocenters. The van der Waals surface area contributed by atoms with Crippen molar-refractivity contribution >= 4 is 11.6 Å². The maximum atomic E-state index is 5.11. The Labute approximate surface area is 110 Å². The van der Waals surface area contributed by atoms with Crippen molar-refractivity contribution in [3.63, 3.8) is 0 Å². The van der Waals surface area contributed by atoms with Gasteiger partial charge in [0.05, 0.1) is 0 Å². The van der Waals surface area contributed by atoms with Gasteiger partial charge in [-0.2, -0.15) is 0 Å². The van der Waals surface area contributed by atoms with E-state index in [9.17, 15) is 0 Å². The Morgan fingerprint density at radius 1 is 1.39 bits per heavy atom. The third-order valence-corrected chi connectivity index (χ3v) is 3.05. The predicted molar refractivity (Wildman–Crippen MR) is 75.1 cm³/mol. The van der Waals surface area contributed by atoms with Crippen molar-refractivity contribution in [2.75, 3.05) is 30.9 Å². The van der Waals surface area contributed by atoms with Crippen molar-refractivity contribution in [1.82, 2.24) is 9.97 Å². The summed E-state index contributed by atoms with van der Waals surface area (Å²) in [5.41, 5.74) is 0. The first-order valence-corrected chi connectivity index (χ1v) is 6.47. The fourth-order valence-corrected chi connectivity index (χ4v) is 1.87. The number of rotatable bonds is 7. The monoisotopic (exact) mass is 252 g/mol. The van der Waals surface area contributed by atoms with Crippen LogP contribution in [0, 0.1) is 0 Å². The maximum Gasteiger partial charge on any atom is 0.158 e. The summed E-state index contributed by atoms with van der Waals surface area (Å²) in [4.78, 5) is 11.2. The number of nitrogens with one attached hydrogen (secondary N) is 1. The minimum absolute atomic E-state index is 0.431. The number of methoxy groups -OCH3 is 1. The minimum Gasteiger partial charge on any atom is -0.377 e. The molecular formula is C13H24N4O. The summed E-state index contributed by atoms with van der Waals surface area (Å²) < 4.78 is 5.11. The fraction of sp³-hybridized carbons (Fsp3) is 0.692. The molecule has 1 rings (SSSR count). The molecule has 1 heterocycles. The maximum absolute atomic E-state index is 5.11. The summed E-state index contributed by atoms with van der Waals surface area (Å²) in [5, 5.41) is 3.07. The molecule has 0 bridgehead atoms. The van der Waals surface area contributed by atoms with E-state index >= 15 is 0 Å². The Kier molecular flexibility index (Phi) is 5.85. The first kappa shape index (κ1) is 14.7. The Bertz CT molecular complexity index is 370. The molecule has 5 nitrogen and oxygen atoms in total. The molecule has 0 radical (unpaired) electrons. The van der Waals surface area contributed by atoms with Gasteiger partial charge in [-0.1, -0.05) is 6.92 Å². The average molecular weight is 252 g/mol. The molecule has 0 saturated carbocycles. The van der Waals surface area contributed by atoms with Gasteiger partial charge in [0.15, 0.2) is 5.82 Å². The van der Waals surface area contributed by atoms with E-state index in [4.69, 9.17) is 4.74 Å². The highest BCUT2D eigenvalue weighted by molar-refractivity contribution is 5.49. The molecule has 1 aromatic rings. The number of anilines is 2. The fourth-order valence-electron chi connectivity index (χ4n) is 1.87. The highest BCUT2D eigenvalue weighted by Gasteiger charge is 2.14. The summed E-state index contributed by atoms with van der Waals surface area (Å²) in [5.74, 6) is 2.49. The number of ether oxygens (including phenoxy) is 1. The van der Waals surface area contributed by atoms with Gasteiger partial charge in [0.25, 0.3) is 0 Å². The van der Waals surface area contributed by atoms with Crippen LogP contribution < -0.4 is 10.2 Å². The molecular weight excluding hydrogens is 228 g/mol. The Morgan fingerprint density at radius 2 is 2.11 bits per heavy atom. The van der Waals surface area contributed by atoms with Crippen LogP contribution in [0.15, 0.2) is 6.07 Å². The summed E-state index contributed by atoms with van der Waals surface area (Å²) >= 11 is 0. The van der Waals surface area contributed by atoms with E-state index in [1.54, 1.807) is 7.11 Å². The van der Waals surface area contributed by atoms with Crippen LogP contribution in [-0.2, 0) is 11.3 Å². The topological polar surface area (TPSA) is 50.3 Å². The van der Waals surface area contributed by atoms with Crippen LogP contribution >= 0.6 is 0 Å². The van der Waals surface area contributed by atoms with Gasteiger partial charge in [0.1, 0.15) is 18.2 Å². The Morgan fingerprint density at radius 3 is 2.61 bits per heavy atom. The number of aromatic nitrogens is 2. The lowest BCUT2D eigenvalue weighted by Gasteiger charge is -2.28. The van der Waals surface area contributed by atoms with E-state index < -0.39 is 0 Å². The molecule has 0 amide bonds. The third-order valence-electron chi connectivity index (χ3n) is 3.05. The van der Waals surface area contributed by atoms with Crippen LogP contribution in [0.2, 0.25) is 0 Å². The van der Waals surface area contributed by atoms with Crippen molar-refractivity contribution in [3.8, 4) is 0 Å². The lowest BCUT2D eigenvalue weighted by Crippen LogP contribution is -2.33. The lowest BCUT2D eigenvalue weighted by molar-refractivity contribution is 0.178. The van der Waals surface area contributed by atoms with Crippen LogP contribution in [0.3, 0.4) is 0 Å². The van der Waals surface area contributed by atoms with Crippen LogP contribution in [0.1, 0.15) is 33.0 Å². The first-order chi connectivity index (χ1) is 8.65. The molecule has 0 aromatic carbocycles. The second-order valence-electron chi connectivity index (χ2n) is 4.25. The smallest absolute Gasteiger partial charge is 0.158 e. The molecule has 0 aliphatic carbocycles. The van der Waals surface area contributed by atoms with Gasteiger partial charge in [0, 0.05) is 32.8 Å². The number of nitrogens with zero attached hydrogens (tertiary/aromatic N) is 3. The first-order valence-electron chi connectivity index (χ1n) is 6.47. The molecule has 1 N–H and O–H groups in total. The second kappa shape index (κ2) is 7.16. The van der Waals surface area contributed by atoms with Crippen LogP contribution in [0.25, 0.3) is 0 Å². The minimum atomic E-state index is 0.431. The van der Waals surface area contributed by atoms with E-state index in [0.717, 1.165) is 24.6 Å². The van der Waals surface area contributed by atoms with Crippen LogP contribution in [0.5, 0.6) is 0 Å². The Balaban J connectivity index is 3.08. The van der Waals surface area contributed by atoms with Gasteiger partial charge >= 0.3 is 0 Å². The van der Waals surface area contributed by atoms with Gasteiger partial charge in [-0.15, -0.1) is 0 Å². The molecule has 1 atom stereocenters. The molecule has 0 aliphatic heterocycles. The van der Waals surface area contributed by atoms with Crippen molar-refractivity contribution < 1.29 is 4.74 Å². The molecule has 0 aliphatic rings. The zero-order valence-electron chi connectivity index (χ0n) is 12.0. The zero-order chi connectivity index (χ0) is 13.5. The zero-order valence-corrected chi connectivity index (χ0v) is 12.0. The van der Waals surface area contributed by atoms with E-state index in [1.165, 1.54) is 0 Å². The van der Waals surface area contributed by atoms with Crippen molar-refractivity contribution in [1.29, 1.82) is 0 Å².